The van der Waals surface area contributed by atoms with E-state index < -0.39 is 0 Å². The number of rotatable bonds is 8. The van der Waals surface area contributed by atoms with E-state index in [-0.39, 0.29) is 11.9 Å². The van der Waals surface area contributed by atoms with Crippen LogP contribution in [0.3, 0.4) is 0 Å². The highest BCUT2D eigenvalue weighted by molar-refractivity contribution is 5.94. The number of hydrogen-bond acceptors (Lipinski definition) is 3. The fourth-order valence-corrected chi connectivity index (χ4v) is 3.81. The van der Waals surface area contributed by atoms with E-state index in [0.29, 0.717) is 0 Å². The van der Waals surface area contributed by atoms with Crippen LogP contribution in [0.5, 0.6) is 0 Å². The van der Waals surface area contributed by atoms with E-state index in [1.165, 1.54) is 11.1 Å². The molecule has 0 unspecified atom stereocenters. The molecule has 4 nitrogen and oxygen atoms in total. The molecule has 0 spiro atoms. The fourth-order valence-electron chi connectivity index (χ4n) is 3.81. The van der Waals surface area contributed by atoms with E-state index in [1.54, 1.807) is 0 Å². The summed E-state index contributed by atoms with van der Waals surface area (Å²) in [5.41, 5.74) is 3.37. The van der Waals surface area contributed by atoms with Crippen molar-refractivity contribution < 1.29 is 4.79 Å². The highest BCUT2D eigenvalue weighted by Crippen LogP contribution is 2.15. The van der Waals surface area contributed by atoms with Gasteiger partial charge in [-0.15, -0.1) is 0 Å². The molecule has 0 aliphatic carbocycles. The van der Waals surface area contributed by atoms with Crippen LogP contribution in [0.4, 0.5) is 0 Å². The van der Waals surface area contributed by atoms with E-state index in [1.807, 2.05) is 12.1 Å². The summed E-state index contributed by atoms with van der Waals surface area (Å²) in [7, 11) is 0. The first-order valence-electron chi connectivity index (χ1n) is 10.6. The van der Waals surface area contributed by atoms with Gasteiger partial charge in [-0.3, -0.25) is 14.6 Å². The summed E-state index contributed by atoms with van der Waals surface area (Å²) in [6.45, 7) is 10.4. The van der Waals surface area contributed by atoms with E-state index in [9.17, 15) is 4.79 Å². The zero-order valence-corrected chi connectivity index (χ0v) is 17.2. The first-order chi connectivity index (χ1) is 13.7. The molecule has 0 atom stereocenters. The predicted molar refractivity (Wildman–Crippen MR) is 115 cm³/mol. The molecule has 150 valence electrons. The molecule has 1 aliphatic rings. The lowest BCUT2D eigenvalue weighted by Gasteiger charge is -2.32. The molecule has 1 amide bonds. The number of nitrogens with one attached hydrogen (secondary N) is 1. The Labute approximate surface area is 169 Å². The van der Waals surface area contributed by atoms with Crippen LogP contribution >= 0.6 is 0 Å². The van der Waals surface area contributed by atoms with E-state index >= 15 is 0 Å². The summed E-state index contributed by atoms with van der Waals surface area (Å²) in [5.74, 6) is 0.0518. The monoisotopic (exact) mass is 379 g/mol. The molecule has 2 aromatic carbocycles. The van der Waals surface area contributed by atoms with Crippen molar-refractivity contribution in [3.63, 3.8) is 0 Å². The highest BCUT2D eigenvalue weighted by atomic mass is 16.1. The quantitative estimate of drug-likeness (QED) is 0.755. The van der Waals surface area contributed by atoms with Gasteiger partial charge in [0.1, 0.15) is 0 Å². The molecule has 28 heavy (non-hydrogen) atoms. The first-order valence-corrected chi connectivity index (χ1v) is 10.6. The summed E-state index contributed by atoms with van der Waals surface area (Å²) < 4.78 is 0. The average molecular weight is 380 g/mol. The number of piperidine rings is 1. The number of nitrogens with zero attached hydrogens (tertiary/aromatic N) is 2. The number of carbonyl (C=O) groups excluding carboxylic acids is 1. The van der Waals surface area contributed by atoms with Gasteiger partial charge in [0.15, 0.2) is 0 Å². The Bertz CT molecular complexity index is 717. The SMILES string of the molecule is CCN(CC)Cc1ccc(C(=O)NC2CCN(Cc3ccccc3)CC2)cc1. The molecule has 0 bridgehead atoms. The van der Waals surface area contributed by atoms with Crippen LogP contribution < -0.4 is 5.32 Å². The lowest BCUT2D eigenvalue weighted by molar-refractivity contribution is 0.0909. The largest absolute Gasteiger partial charge is 0.349 e. The zero-order chi connectivity index (χ0) is 19.8. The Balaban J connectivity index is 1.45. The Kier molecular flexibility index (Phi) is 7.63. The smallest absolute Gasteiger partial charge is 0.251 e. The minimum atomic E-state index is 0.0518. The van der Waals surface area contributed by atoms with Crippen molar-refractivity contribution in [2.24, 2.45) is 0 Å². The summed E-state index contributed by atoms with van der Waals surface area (Å²) in [6, 6.07) is 18.9. The summed E-state index contributed by atoms with van der Waals surface area (Å²) in [4.78, 5) is 17.4. The van der Waals surface area contributed by atoms with Crippen LogP contribution in [0.25, 0.3) is 0 Å². The van der Waals surface area contributed by atoms with Gasteiger partial charge in [-0.2, -0.15) is 0 Å². The summed E-state index contributed by atoms with van der Waals surface area (Å²) >= 11 is 0. The third kappa shape index (κ3) is 5.91. The number of likely N-dealkylation sites (tertiary alicyclic amines) is 1. The fraction of sp³-hybridized carbons (Fsp3) is 0.458. The van der Waals surface area contributed by atoms with Crippen molar-refractivity contribution in [3.05, 3.63) is 71.3 Å². The minimum Gasteiger partial charge on any atom is -0.349 e. The molecule has 2 aromatic rings. The van der Waals surface area contributed by atoms with Crippen LogP contribution in [0.15, 0.2) is 54.6 Å². The second-order valence-corrected chi connectivity index (χ2v) is 7.67. The molecule has 1 fully saturated rings. The maximum Gasteiger partial charge on any atom is 0.251 e. The van der Waals surface area contributed by atoms with Gasteiger partial charge in [0.25, 0.3) is 5.91 Å². The number of hydrogen-bond donors (Lipinski definition) is 1. The Morgan fingerprint density at radius 2 is 1.61 bits per heavy atom. The first kappa shape index (κ1) is 20.6. The molecule has 1 aliphatic heterocycles. The van der Waals surface area contributed by atoms with Gasteiger partial charge in [-0.05, 0) is 49.2 Å². The number of benzene rings is 2. The van der Waals surface area contributed by atoms with Crippen LogP contribution in [0.2, 0.25) is 0 Å². The molecule has 1 heterocycles. The Morgan fingerprint density at radius 3 is 2.21 bits per heavy atom. The van der Waals surface area contributed by atoms with Gasteiger partial charge < -0.3 is 5.32 Å². The second kappa shape index (κ2) is 10.4. The number of amides is 1. The Hall–Kier alpha value is -2.17. The average Bonchev–Trinajstić information content (AvgIpc) is 2.74. The van der Waals surface area contributed by atoms with Gasteiger partial charge in [-0.25, -0.2) is 0 Å². The van der Waals surface area contributed by atoms with Crippen LogP contribution in [-0.2, 0) is 13.1 Å². The Morgan fingerprint density at radius 1 is 0.964 bits per heavy atom. The highest BCUT2D eigenvalue weighted by Gasteiger charge is 2.21. The molecular weight excluding hydrogens is 346 g/mol. The molecule has 0 aromatic heterocycles. The summed E-state index contributed by atoms with van der Waals surface area (Å²) in [6.07, 6.45) is 2.03. The van der Waals surface area contributed by atoms with E-state index in [4.69, 9.17) is 0 Å². The van der Waals surface area contributed by atoms with E-state index in [2.05, 4.69) is 71.4 Å². The van der Waals surface area contributed by atoms with Gasteiger partial charge in [-0.1, -0.05) is 56.3 Å². The number of carbonyl (C=O) groups is 1. The van der Waals surface area contributed by atoms with Gasteiger partial charge in [0.05, 0.1) is 0 Å². The van der Waals surface area contributed by atoms with E-state index in [0.717, 1.165) is 57.7 Å². The standard InChI is InChI=1S/C24H33N3O/c1-3-26(4-2)18-21-10-12-22(13-11-21)24(28)25-23-14-16-27(17-15-23)19-20-8-6-5-7-9-20/h5-13,23H,3-4,14-19H2,1-2H3,(H,25,28). The summed E-state index contributed by atoms with van der Waals surface area (Å²) in [5, 5.41) is 3.23. The third-order valence-corrected chi connectivity index (χ3v) is 5.69. The lowest BCUT2D eigenvalue weighted by atomic mass is 10.0. The predicted octanol–water partition coefficient (Wildman–Crippen LogP) is 3.92. The molecule has 4 heteroatoms. The van der Waals surface area contributed by atoms with Crippen molar-refractivity contribution in [2.45, 2.75) is 45.8 Å². The van der Waals surface area contributed by atoms with Gasteiger partial charge in [0, 0.05) is 37.8 Å². The van der Waals surface area contributed by atoms with Crippen LogP contribution in [0.1, 0.15) is 48.2 Å². The normalized spacial score (nSPS) is 15.7. The molecule has 1 saturated heterocycles. The van der Waals surface area contributed by atoms with Crippen LogP contribution in [-0.4, -0.2) is 47.9 Å². The molecule has 1 N–H and O–H groups in total. The van der Waals surface area contributed by atoms with Crippen molar-refractivity contribution in [1.82, 2.24) is 15.1 Å². The molecule has 0 radical (unpaired) electrons. The zero-order valence-electron chi connectivity index (χ0n) is 17.2. The topological polar surface area (TPSA) is 35.6 Å². The maximum absolute atomic E-state index is 12.6. The van der Waals surface area contributed by atoms with Gasteiger partial charge in [0.2, 0.25) is 0 Å². The van der Waals surface area contributed by atoms with Crippen molar-refractivity contribution in [1.29, 1.82) is 0 Å². The second-order valence-electron chi connectivity index (χ2n) is 7.67. The van der Waals surface area contributed by atoms with Crippen molar-refractivity contribution in [3.8, 4) is 0 Å². The third-order valence-electron chi connectivity index (χ3n) is 5.69. The van der Waals surface area contributed by atoms with Crippen LogP contribution in [0, 0.1) is 0 Å². The molecular formula is C24H33N3O. The van der Waals surface area contributed by atoms with Crippen molar-refractivity contribution >= 4 is 5.91 Å². The molecule has 0 saturated carbocycles. The van der Waals surface area contributed by atoms with Crippen molar-refractivity contribution in [2.75, 3.05) is 26.2 Å². The maximum atomic E-state index is 12.6. The molecule has 3 rings (SSSR count). The minimum absolute atomic E-state index is 0.0518. The lowest BCUT2D eigenvalue weighted by Crippen LogP contribution is -2.44. The van der Waals surface area contributed by atoms with Gasteiger partial charge >= 0.3 is 0 Å².